The molecule has 2 atom stereocenters. The fourth-order valence-corrected chi connectivity index (χ4v) is 1.19. The minimum Gasteiger partial charge on any atom is -0.464 e. The number of aliphatic hydroxyl groups is 2. The van der Waals surface area contributed by atoms with Crippen LogP contribution < -0.4 is 0 Å². The molecule has 0 amide bonds. The van der Waals surface area contributed by atoms with E-state index in [4.69, 9.17) is 0 Å². The third-order valence-corrected chi connectivity index (χ3v) is 1.97. The van der Waals surface area contributed by atoms with E-state index in [2.05, 4.69) is 4.74 Å². The van der Waals surface area contributed by atoms with Gasteiger partial charge in [0.25, 0.3) is 0 Å². The highest BCUT2D eigenvalue weighted by atomic mass is 16.5. The van der Waals surface area contributed by atoms with E-state index in [9.17, 15) is 15.0 Å². The van der Waals surface area contributed by atoms with Gasteiger partial charge in [0.1, 0.15) is 6.10 Å². The van der Waals surface area contributed by atoms with Crippen LogP contribution >= 0.6 is 0 Å². The Labute approximate surface area is 88.1 Å². The predicted molar refractivity (Wildman–Crippen MR) is 54.0 cm³/mol. The summed E-state index contributed by atoms with van der Waals surface area (Å²) in [7, 11) is 0. The number of esters is 1. The van der Waals surface area contributed by atoms with Gasteiger partial charge in [0.05, 0.1) is 6.61 Å². The second-order valence-electron chi connectivity index (χ2n) is 3.05. The first-order valence-electron chi connectivity index (χ1n) is 4.74. The Balaban J connectivity index is 2.68. The molecule has 0 saturated carbocycles. The van der Waals surface area contributed by atoms with Crippen molar-refractivity contribution in [2.24, 2.45) is 0 Å². The summed E-state index contributed by atoms with van der Waals surface area (Å²) in [5, 5.41) is 19.1. The lowest BCUT2D eigenvalue weighted by atomic mass is 10.0. The zero-order valence-electron chi connectivity index (χ0n) is 8.46. The van der Waals surface area contributed by atoms with Crippen LogP contribution in [0.15, 0.2) is 30.3 Å². The molecule has 0 aliphatic rings. The average Bonchev–Trinajstić information content (AvgIpc) is 2.28. The summed E-state index contributed by atoms with van der Waals surface area (Å²) in [5.74, 6) is -0.811. The first-order valence-corrected chi connectivity index (χ1v) is 4.74. The van der Waals surface area contributed by atoms with Gasteiger partial charge in [0.15, 0.2) is 6.10 Å². The zero-order chi connectivity index (χ0) is 11.3. The van der Waals surface area contributed by atoms with E-state index in [0.29, 0.717) is 5.56 Å². The Kier molecular flexibility index (Phi) is 4.27. The summed E-state index contributed by atoms with van der Waals surface area (Å²) in [6, 6.07) is 8.49. The summed E-state index contributed by atoms with van der Waals surface area (Å²) in [6.07, 6.45) is -2.78. The van der Waals surface area contributed by atoms with Crippen LogP contribution in [0.25, 0.3) is 0 Å². The standard InChI is InChI=1S/C11H14O4/c1-2-15-11(14)10(13)9(12)8-6-4-3-5-7-8/h3-7,9-10,12-13H,2H2,1H3/t9-,10-/m1/s1. The molecule has 0 spiro atoms. The van der Waals surface area contributed by atoms with Crippen molar-refractivity contribution in [3.8, 4) is 0 Å². The third-order valence-electron chi connectivity index (χ3n) is 1.97. The second-order valence-corrected chi connectivity index (χ2v) is 3.05. The van der Waals surface area contributed by atoms with Crippen molar-refractivity contribution < 1.29 is 19.7 Å². The van der Waals surface area contributed by atoms with Crippen molar-refractivity contribution in [3.63, 3.8) is 0 Å². The van der Waals surface area contributed by atoms with Crippen LogP contribution in [0.4, 0.5) is 0 Å². The molecule has 0 heterocycles. The van der Waals surface area contributed by atoms with Crippen molar-refractivity contribution in [1.29, 1.82) is 0 Å². The maximum Gasteiger partial charge on any atom is 0.338 e. The highest BCUT2D eigenvalue weighted by molar-refractivity contribution is 5.75. The molecular formula is C11H14O4. The molecule has 82 valence electrons. The highest BCUT2D eigenvalue weighted by Crippen LogP contribution is 2.17. The first kappa shape index (κ1) is 11.7. The fourth-order valence-electron chi connectivity index (χ4n) is 1.19. The Morgan fingerprint density at radius 2 is 1.93 bits per heavy atom. The molecule has 1 aromatic carbocycles. The van der Waals surface area contributed by atoms with Gasteiger partial charge in [-0.2, -0.15) is 0 Å². The molecule has 1 aromatic rings. The van der Waals surface area contributed by atoms with Crippen LogP contribution in [0.1, 0.15) is 18.6 Å². The van der Waals surface area contributed by atoms with Gasteiger partial charge in [-0.15, -0.1) is 0 Å². The van der Waals surface area contributed by atoms with Gasteiger partial charge in [-0.05, 0) is 12.5 Å². The van der Waals surface area contributed by atoms with Gasteiger partial charge in [-0.3, -0.25) is 0 Å². The molecule has 0 bridgehead atoms. The first-order chi connectivity index (χ1) is 7.16. The van der Waals surface area contributed by atoms with E-state index in [1.54, 1.807) is 37.3 Å². The smallest absolute Gasteiger partial charge is 0.338 e. The van der Waals surface area contributed by atoms with Crippen LogP contribution in [0.2, 0.25) is 0 Å². The van der Waals surface area contributed by atoms with Crippen LogP contribution in [-0.4, -0.2) is 28.9 Å². The molecule has 0 fully saturated rings. The number of carbonyl (C=O) groups excluding carboxylic acids is 1. The van der Waals surface area contributed by atoms with Crippen LogP contribution in [-0.2, 0) is 9.53 Å². The second kappa shape index (κ2) is 5.48. The predicted octanol–water partition coefficient (Wildman–Crippen LogP) is 0.644. The van der Waals surface area contributed by atoms with Crippen molar-refractivity contribution in [3.05, 3.63) is 35.9 Å². The molecular weight excluding hydrogens is 196 g/mol. The van der Waals surface area contributed by atoms with Crippen molar-refractivity contribution in [2.45, 2.75) is 19.1 Å². The van der Waals surface area contributed by atoms with Crippen LogP contribution in [0.5, 0.6) is 0 Å². The number of benzene rings is 1. The van der Waals surface area contributed by atoms with Crippen molar-refractivity contribution in [1.82, 2.24) is 0 Å². The molecule has 4 heteroatoms. The molecule has 0 saturated heterocycles. The maximum absolute atomic E-state index is 11.1. The number of carbonyl (C=O) groups is 1. The van der Waals surface area contributed by atoms with Gasteiger partial charge < -0.3 is 14.9 Å². The summed E-state index contributed by atoms with van der Waals surface area (Å²) >= 11 is 0. The van der Waals surface area contributed by atoms with E-state index < -0.39 is 18.2 Å². The Morgan fingerprint density at radius 1 is 1.33 bits per heavy atom. The zero-order valence-corrected chi connectivity index (χ0v) is 8.46. The Bertz CT molecular complexity index is 310. The summed E-state index contributed by atoms with van der Waals surface area (Å²) in [5.41, 5.74) is 0.484. The summed E-state index contributed by atoms with van der Waals surface area (Å²) in [6.45, 7) is 1.82. The van der Waals surface area contributed by atoms with E-state index in [1.807, 2.05) is 0 Å². The lowest BCUT2D eigenvalue weighted by Gasteiger charge is -2.16. The summed E-state index contributed by atoms with van der Waals surface area (Å²) in [4.78, 5) is 11.1. The van der Waals surface area contributed by atoms with E-state index in [0.717, 1.165) is 0 Å². The van der Waals surface area contributed by atoms with Gasteiger partial charge in [-0.25, -0.2) is 4.79 Å². The lowest BCUT2D eigenvalue weighted by molar-refractivity contribution is -0.159. The Hall–Kier alpha value is -1.39. The van der Waals surface area contributed by atoms with Crippen molar-refractivity contribution in [2.75, 3.05) is 6.61 Å². The number of rotatable bonds is 4. The quantitative estimate of drug-likeness (QED) is 0.716. The van der Waals surface area contributed by atoms with Gasteiger partial charge in [0.2, 0.25) is 0 Å². The minimum absolute atomic E-state index is 0.178. The molecule has 0 aliphatic carbocycles. The third kappa shape index (κ3) is 3.04. The number of hydrogen-bond donors (Lipinski definition) is 2. The molecule has 1 rings (SSSR count). The van der Waals surface area contributed by atoms with E-state index >= 15 is 0 Å². The molecule has 0 unspecified atom stereocenters. The minimum atomic E-state index is -1.53. The van der Waals surface area contributed by atoms with Gasteiger partial charge in [-0.1, -0.05) is 30.3 Å². The fraction of sp³-hybridized carbons (Fsp3) is 0.364. The largest absolute Gasteiger partial charge is 0.464 e. The summed E-state index contributed by atoms with van der Waals surface area (Å²) < 4.78 is 4.60. The van der Waals surface area contributed by atoms with Gasteiger partial charge >= 0.3 is 5.97 Å². The van der Waals surface area contributed by atoms with Crippen LogP contribution in [0.3, 0.4) is 0 Å². The maximum atomic E-state index is 11.1. The molecule has 15 heavy (non-hydrogen) atoms. The number of ether oxygens (including phenoxy) is 1. The molecule has 2 N–H and O–H groups in total. The van der Waals surface area contributed by atoms with Crippen LogP contribution in [0, 0.1) is 0 Å². The van der Waals surface area contributed by atoms with Crippen molar-refractivity contribution >= 4 is 5.97 Å². The normalized spacial score (nSPS) is 14.3. The van der Waals surface area contributed by atoms with Gasteiger partial charge in [0, 0.05) is 0 Å². The molecule has 0 radical (unpaired) electrons. The average molecular weight is 210 g/mol. The van der Waals surface area contributed by atoms with E-state index in [-0.39, 0.29) is 6.61 Å². The lowest BCUT2D eigenvalue weighted by Crippen LogP contribution is -2.29. The molecule has 0 aliphatic heterocycles. The SMILES string of the molecule is CCOC(=O)[C@H](O)[C@H](O)c1ccccc1. The van der Waals surface area contributed by atoms with E-state index in [1.165, 1.54) is 0 Å². The number of aliphatic hydroxyl groups excluding tert-OH is 2. The Morgan fingerprint density at radius 3 is 2.47 bits per heavy atom. The highest BCUT2D eigenvalue weighted by Gasteiger charge is 2.26. The number of hydrogen-bond acceptors (Lipinski definition) is 4. The topological polar surface area (TPSA) is 66.8 Å². The molecule has 4 nitrogen and oxygen atoms in total. The molecule has 0 aromatic heterocycles. The monoisotopic (exact) mass is 210 g/mol.